The summed E-state index contributed by atoms with van der Waals surface area (Å²) in [5.74, 6) is 0.540. The van der Waals surface area contributed by atoms with Crippen molar-refractivity contribution < 1.29 is 4.79 Å². The Labute approximate surface area is 95.2 Å². The average Bonchev–Trinajstić information content (AvgIpc) is 2.74. The summed E-state index contributed by atoms with van der Waals surface area (Å²) >= 11 is 0. The Morgan fingerprint density at radius 1 is 1.69 bits per heavy atom. The molecule has 1 fully saturated rings. The van der Waals surface area contributed by atoms with Crippen LogP contribution in [0.4, 0.5) is 0 Å². The molecule has 2 unspecified atom stereocenters. The fourth-order valence-corrected chi connectivity index (χ4v) is 2.02. The Kier molecular flexibility index (Phi) is 3.56. The van der Waals surface area contributed by atoms with Crippen molar-refractivity contribution in [3.63, 3.8) is 0 Å². The molecular weight excluding hydrogens is 204 g/mol. The summed E-state index contributed by atoms with van der Waals surface area (Å²) < 4.78 is 1.64. The van der Waals surface area contributed by atoms with Crippen LogP contribution in [0.15, 0.2) is 18.5 Å². The zero-order chi connectivity index (χ0) is 11.4. The standard InChI is InChI=1S/C11H18N4O/c1-9-7-12-5-3-10(9)14-11(16)8-15-6-2-4-13-15/h2,4,6,9-10,12H,3,5,7-8H2,1H3,(H,14,16). The molecule has 0 radical (unpaired) electrons. The quantitative estimate of drug-likeness (QED) is 0.756. The Hall–Kier alpha value is -1.36. The second kappa shape index (κ2) is 5.12. The monoisotopic (exact) mass is 222 g/mol. The minimum atomic E-state index is 0.0439. The smallest absolute Gasteiger partial charge is 0.241 e. The molecule has 1 aromatic rings. The molecule has 5 nitrogen and oxygen atoms in total. The summed E-state index contributed by atoms with van der Waals surface area (Å²) in [6, 6.07) is 2.12. The van der Waals surface area contributed by atoms with Crippen molar-refractivity contribution >= 4 is 5.91 Å². The normalized spacial score (nSPS) is 25.3. The third-order valence-corrected chi connectivity index (χ3v) is 3.00. The lowest BCUT2D eigenvalue weighted by Gasteiger charge is -2.30. The number of nitrogens with zero attached hydrogens (tertiary/aromatic N) is 2. The van der Waals surface area contributed by atoms with Gasteiger partial charge < -0.3 is 10.6 Å². The molecule has 5 heteroatoms. The van der Waals surface area contributed by atoms with Crippen LogP contribution in [0.2, 0.25) is 0 Å². The Morgan fingerprint density at radius 2 is 2.56 bits per heavy atom. The predicted octanol–water partition coefficient (Wildman–Crippen LogP) is -0.00270. The van der Waals surface area contributed by atoms with Gasteiger partial charge in [0.05, 0.1) is 0 Å². The lowest BCUT2D eigenvalue weighted by molar-refractivity contribution is -0.123. The number of amides is 1. The molecule has 1 amide bonds. The topological polar surface area (TPSA) is 58.9 Å². The minimum Gasteiger partial charge on any atom is -0.351 e. The number of hydrogen-bond donors (Lipinski definition) is 2. The number of hydrogen-bond acceptors (Lipinski definition) is 3. The van der Waals surface area contributed by atoms with Crippen molar-refractivity contribution in [2.45, 2.75) is 25.9 Å². The molecular formula is C11H18N4O. The van der Waals surface area contributed by atoms with E-state index < -0.39 is 0 Å². The van der Waals surface area contributed by atoms with Gasteiger partial charge in [0.2, 0.25) is 5.91 Å². The Bertz CT molecular complexity index is 336. The minimum absolute atomic E-state index is 0.0439. The number of piperidine rings is 1. The number of carbonyl (C=O) groups is 1. The highest BCUT2D eigenvalue weighted by atomic mass is 16.2. The molecule has 88 valence electrons. The van der Waals surface area contributed by atoms with Gasteiger partial charge in [-0.2, -0.15) is 5.10 Å². The van der Waals surface area contributed by atoms with E-state index in [1.807, 2.05) is 6.07 Å². The third kappa shape index (κ3) is 2.82. The van der Waals surface area contributed by atoms with Gasteiger partial charge in [-0.3, -0.25) is 9.48 Å². The Morgan fingerprint density at radius 3 is 3.25 bits per heavy atom. The highest BCUT2D eigenvalue weighted by molar-refractivity contribution is 5.76. The maximum Gasteiger partial charge on any atom is 0.241 e. The van der Waals surface area contributed by atoms with Crippen LogP contribution in [0, 0.1) is 5.92 Å². The van der Waals surface area contributed by atoms with Gasteiger partial charge in [0, 0.05) is 18.4 Å². The molecule has 1 aliphatic heterocycles. The van der Waals surface area contributed by atoms with E-state index in [4.69, 9.17) is 0 Å². The SMILES string of the molecule is CC1CNCCC1NC(=O)Cn1cccn1. The molecule has 0 spiro atoms. The van der Waals surface area contributed by atoms with Crippen LogP contribution in [-0.4, -0.2) is 34.8 Å². The van der Waals surface area contributed by atoms with E-state index >= 15 is 0 Å². The summed E-state index contributed by atoms with van der Waals surface area (Å²) in [7, 11) is 0. The molecule has 1 aliphatic rings. The molecule has 16 heavy (non-hydrogen) atoms. The van der Waals surface area contributed by atoms with E-state index in [0.717, 1.165) is 19.5 Å². The van der Waals surface area contributed by atoms with Crippen LogP contribution in [0.25, 0.3) is 0 Å². The Balaban J connectivity index is 1.82. The van der Waals surface area contributed by atoms with Gasteiger partial charge >= 0.3 is 0 Å². The van der Waals surface area contributed by atoms with Gasteiger partial charge in [-0.1, -0.05) is 6.92 Å². The zero-order valence-corrected chi connectivity index (χ0v) is 9.52. The van der Waals surface area contributed by atoms with E-state index in [0.29, 0.717) is 18.5 Å². The van der Waals surface area contributed by atoms with Gasteiger partial charge in [-0.25, -0.2) is 0 Å². The van der Waals surface area contributed by atoms with Crippen LogP contribution in [-0.2, 0) is 11.3 Å². The van der Waals surface area contributed by atoms with Crippen molar-refractivity contribution in [1.29, 1.82) is 0 Å². The summed E-state index contributed by atoms with van der Waals surface area (Å²) in [5.41, 5.74) is 0. The molecule has 2 N–H and O–H groups in total. The van der Waals surface area contributed by atoms with Gasteiger partial charge in [-0.05, 0) is 31.5 Å². The number of rotatable bonds is 3. The molecule has 0 saturated carbocycles. The number of nitrogens with one attached hydrogen (secondary N) is 2. The first-order valence-electron chi connectivity index (χ1n) is 5.73. The second-order valence-corrected chi connectivity index (χ2v) is 4.35. The fourth-order valence-electron chi connectivity index (χ4n) is 2.02. The first kappa shape index (κ1) is 11.1. The van der Waals surface area contributed by atoms with Gasteiger partial charge in [0.1, 0.15) is 6.54 Å². The first-order valence-corrected chi connectivity index (χ1v) is 5.73. The summed E-state index contributed by atoms with van der Waals surface area (Å²) in [4.78, 5) is 11.7. The predicted molar refractivity (Wildman–Crippen MR) is 60.8 cm³/mol. The molecule has 2 heterocycles. The van der Waals surface area contributed by atoms with Crippen molar-refractivity contribution in [3.8, 4) is 0 Å². The second-order valence-electron chi connectivity index (χ2n) is 4.35. The van der Waals surface area contributed by atoms with E-state index in [1.165, 1.54) is 0 Å². The molecule has 2 rings (SSSR count). The average molecular weight is 222 g/mol. The van der Waals surface area contributed by atoms with Crippen molar-refractivity contribution in [3.05, 3.63) is 18.5 Å². The van der Waals surface area contributed by atoms with Crippen LogP contribution < -0.4 is 10.6 Å². The summed E-state index contributed by atoms with van der Waals surface area (Å²) in [5, 5.41) is 10.4. The number of carbonyl (C=O) groups excluding carboxylic acids is 1. The van der Waals surface area contributed by atoms with E-state index in [9.17, 15) is 4.79 Å². The fraction of sp³-hybridized carbons (Fsp3) is 0.636. The zero-order valence-electron chi connectivity index (χ0n) is 9.52. The molecule has 2 atom stereocenters. The van der Waals surface area contributed by atoms with Crippen LogP contribution in [0.3, 0.4) is 0 Å². The van der Waals surface area contributed by atoms with Crippen molar-refractivity contribution in [2.24, 2.45) is 5.92 Å². The van der Waals surface area contributed by atoms with E-state index in [2.05, 4.69) is 22.7 Å². The molecule has 1 aromatic heterocycles. The summed E-state index contributed by atoms with van der Waals surface area (Å²) in [6.45, 7) is 4.43. The third-order valence-electron chi connectivity index (χ3n) is 3.00. The molecule has 0 aliphatic carbocycles. The lowest BCUT2D eigenvalue weighted by Crippen LogP contribution is -2.49. The van der Waals surface area contributed by atoms with E-state index in [-0.39, 0.29) is 5.91 Å². The van der Waals surface area contributed by atoms with Gasteiger partial charge in [-0.15, -0.1) is 0 Å². The first-order chi connectivity index (χ1) is 7.75. The molecule has 0 aromatic carbocycles. The van der Waals surface area contributed by atoms with Crippen molar-refractivity contribution in [2.75, 3.05) is 13.1 Å². The maximum absolute atomic E-state index is 11.7. The van der Waals surface area contributed by atoms with Crippen molar-refractivity contribution in [1.82, 2.24) is 20.4 Å². The van der Waals surface area contributed by atoms with Crippen LogP contribution >= 0.6 is 0 Å². The largest absolute Gasteiger partial charge is 0.351 e. The van der Waals surface area contributed by atoms with Crippen LogP contribution in [0.1, 0.15) is 13.3 Å². The highest BCUT2D eigenvalue weighted by Gasteiger charge is 2.22. The molecule has 1 saturated heterocycles. The molecule has 0 bridgehead atoms. The highest BCUT2D eigenvalue weighted by Crippen LogP contribution is 2.09. The van der Waals surface area contributed by atoms with Gasteiger partial charge in [0.15, 0.2) is 0 Å². The van der Waals surface area contributed by atoms with Gasteiger partial charge in [0.25, 0.3) is 0 Å². The maximum atomic E-state index is 11.7. The van der Waals surface area contributed by atoms with E-state index in [1.54, 1.807) is 17.1 Å². The van der Waals surface area contributed by atoms with Crippen LogP contribution in [0.5, 0.6) is 0 Å². The number of aromatic nitrogens is 2. The summed E-state index contributed by atoms with van der Waals surface area (Å²) in [6.07, 6.45) is 4.48. The lowest BCUT2D eigenvalue weighted by atomic mass is 9.95.